The fourth-order valence-electron chi connectivity index (χ4n) is 3.28. The third kappa shape index (κ3) is 8.66. The van der Waals surface area contributed by atoms with Crippen LogP contribution in [0, 0.1) is 20.2 Å². The van der Waals surface area contributed by atoms with Gasteiger partial charge in [0.05, 0.1) is 34.6 Å². The Morgan fingerprint density at radius 1 is 0.795 bits per heavy atom. The van der Waals surface area contributed by atoms with E-state index in [1.54, 1.807) is 12.1 Å². The highest BCUT2D eigenvalue weighted by Crippen LogP contribution is 2.44. The van der Waals surface area contributed by atoms with Crippen molar-refractivity contribution in [3.8, 4) is 0 Å². The van der Waals surface area contributed by atoms with Crippen LogP contribution in [0.1, 0.15) is 11.1 Å². The molecule has 3 aromatic carbocycles. The number of hydrogen-bond acceptors (Lipinski definition) is 9. The van der Waals surface area contributed by atoms with Crippen LogP contribution >= 0.6 is 18.7 Å². The molecule has 3 rings (SSSR count). The van der Waals surface area contributed by atoms with Gasteiger partial charge in [0.1, 0.15) is 7.14 Å². The molecule has 0 aliphatic carbocycles. The molecule has 39 heavy (non-hydrogen) atoms. The lowest BCUT2D eigenvalue weighted by Gasteiger charge is -2.17. The Morgan fingerprint density at radius 2 is 1.23 bits per heavy atom. The fourth-order valence-corrected chi connectivity index (χ4v) is 5.65. The van der Waals surface area contributed by atoms with Crippen molar-refractivity contribution in [1.82, 2.24) is 10.9 Å². The van der Waals surface area contributed by atoms with E-state index >= 15 is 0 Å². The molecule has 13 nitrogen and oxygen atoms in total. The average Bonchev–Trinajstić information content (AvgIpc) is 2.89. The molecule has 0 radical (unpaired) electrons. The molecule has 2 N–H and O–H groups in total. The minimum atomic E-state index is -3.68. The summed E-state index contributed by atoms with van der Waals surface area (Å²) >= 11 is 5.92. The maximum atomic E-state index is 13.8. The molecule has 0 saturated carbocycles. The first-order chi connectivity index (χ1) is 18.6. The van der Waals surface area contributed by atoms with Crippen molar-refractivity contribution in [1.29, 1.82) is 0 Å². The highest BCUT2D eigenvalue weighted by atomic mass is 35.5. The van der Waals surface area contributed by atoms with Crippen molar-refractivity contribution in [2.45, 2.75) is 0 Å². The molecular formula is C24H20ClN6O7P. The van der Waals surface area contributed by atoms with E-state index in [0.29, 0.717) is 16.1 Å². The summed E-state index contributed by atoms with van der Waals surface area (Å²) in [7, 11) is -3.68. The van der Waals surface area contributed by atoms with Crippen LogP contribution < -0.4 is 16.2 Å². The molecule has 0 atom stereocenters. The zero-order valence-corrected chi connectivity index (χ0v) is 21.6. The number of carbonyl (C=O) groups is 2. The summed E-state index contributed by atoms with van der Waals surface area (Å²) in [4.78, 5) is 45.8. The van der Waals surface area contributed by atoms with Gasteiger partial charge < -0.3 is 4.57 Å². The number of nitrogens with zero attached hydrogens (tertiary/aromatic N) is 4. The minimum Gasteiger partial charge on any atom is -0.318 e. The van der Waals surface area contributed by atoms with E-state index < -0.39 is 41.1 Å². The second-order valence-corrected chi connectivity index (χ2v) is 11.3. The van der Waals surface area contributed by atoms with Crippen LogP contribution in [0.2, 0.25) is 5.02 Å². The molecule has 0 saturated heterocycles. The fraction of sp³-hybridized carbons (Fsp3) is 0.0833. The molecule has 0 aromatic heterocycles. The zero-order chi connectivity index (χ0) is 28.4. The number of benzene rings is 3. The largest absolute Gasteiger partial charge is 0.318 e. The maximum Gasteiger partial charge on any atom is 0.270 e. The van der Waals surface area contributed by atoms with E-state index in [4.69, 9.17) is 11.6 Å². The van der Waals surface area contributed by atoms with E-state index in [-0.39, 0.29) is 16.7 Å². The Morgan fingerprint density at radius 3 is 1.64 bits per heavy atom. The van der Waals surface area contributed by atoms with E-state index in [0.717, 1.165) is 0 Å². The Balaban J connectivity index is 1.70. The minimum absolute atomic E-state index is 0.156. The Labute approximate surface area is 226 Å². The van der Waals surface area contributed by atoms with Gasteiger partial charge >= 0.3 is 0 Å². The topological polar surface area (TPSA) is 186 Å². The molecule has 2 amide bonds. The third-order valence-corrected chi connectivity index (χ3v) is 8.15. The molecular weight excluding hydrogens is 551 g/mol. The number of carbonyl (C=O) groups excluding carboxylic acids is 2. The smallest absolute Gasteiger partial charge is 0.270 e. The molecule has 0 fully saturated rings. The SMILES string of the molecule is O=C(CP(=O)(CC(=O)NN=Cc1cccc([N+](=O)[O-])c1)c1ccc(Cl)cc1)NN=Cc1cccc([N+](=O)[O-])c1. The molecule has 0 unspecified atom stereocenters. The Bertz CT molecular complexity index is 1420. The summed E-state index contributed by atoms with van der Waals surface area (Å²) in [6, 6.07) is 16.9. The highest BCUT2D eigenvalue weighted by molar-refractivity contribution is 7.73. The molecule has 200 valence electrons. The second kappa shape index (κ2) is 13.2. The lowest BCUT2D eigenvalue weighted by molar-refractivity contribution is -0.385. The molecule has 0 heterocycles. The summed E-state index contributed by atoms with van der Waals surface area (Å²) in [5.41, 5.74) is 4.82. The summed E-state index contributed by atoms with van der Waals surface area (Å²) in [5.74, 6) is -1.52. The first-order valence-electron chi connectivity index (χ1n) is 11.0. The van der Waals surface area contributed by atoms with Gasteiger partial charge in [-0.2, -0.15) is 10.2 Å². The maximum absolute atomic E-state index is 13.8. The van der Waals surface area contributed by atoms with E-state index in [2.05, 4.69) is 21.1 Å². The van der Waals surface area contributed by atoms with Gasteiger partial charge in [0.25, 0.3) is 11.4 Å². The standard InChI is InChI=1S/C24H20ClN6O7P/c25-19-7-9-22(10-8-19)39(38,15-23(32)28-26-13-17-3-1-5-20(11-17)30(34)35)16-24(33)29-27-14-18-4-2-6-21(12-18)31(36)37/h1-14H,15-16H2,(H,28,32)(H,29,33). The van der Waals surface area contributed by atoms with Crippen molar-refractivity contribution in [2.24, 2.45) is 10.2 Å². The third-order valence-electron chi connectivity index (χ3n) is 5.06. The number of nitro benzene ring substituents is 2. The van der Waals surface area contributed by atoms with Gasteiger partial charge in [0.15, 0.2) is 0 Å². The Hall–Kier alpha value is -4.74. The predicted octanol–water partition coefficient (Wildman–Crippen LogP) is 3.45. The summed E-state index contributed by atoms with van der Waals surface area (Å²) in [6.45, 7) is 0. The van der Waals surface area contributed by atoms with Crippen LogP contribution in [0.15, 0.2) is 83.0 Å². The number of rotatable bonds is 11. The number of hydrogen-bond donors (Lipinski definition) is 2. The van der Waals surface area contributed by atoms with E-state index in [9.17, 15) is 34.4 Å². The number of hydrazone groups is 2. The van der Waals surface area contributed by atoms with Crippen LogP contribution in [0.3, 0.4) is 0 Å². The zero-order valence-electron chi connectivity index (χ0n) is 20.0. The van der Waals surface area contributed by atoms with Gasteiger partial charge in [-0.15, -0.1) is 0 Å². The second-order valence-electron chi connectivity index (χ2n) is 7.97. The van der Waals surface area contributed by atoms with Crippen molar-refractivity contribution in [3.63, 3.8) is 0 Å². The van der Waals surface area contributed by atoms with Gasteiger partial charge in [0, 0.05) is 45.7 Å². The molecule has 0 spiro atoms. The van der Waals surface area contributed by atoms with Crippen molar-refractivity contribution in [2.75, 3.05) is 12.3 Å². The molecule has 15 heteroatoms. The summed E-state index contributed by atoms with van der Waals surface area (Å²) in [5, 5.41) is 29.9. The van der Waals surface area contributed by atoms with Gasteiger partial charge in [-0.25, -0.2) is 10.9 Å². The molecule has 0 aliphatic heterocycles. The number of nitrogens with one attached hydrogen (secondary N) is 2. The van der Waals surface area contributed by atoms with E-state index in [1.165, 1.54) is 73.1 Å². The van der Waals surface area contributed by atoms with Gasteiger partial charge in [0.2, 0.25) is 11.8 Å². The van der Waals surface area contributed by atoms with Crippen LogP contribution in [0.25, 0.3) is 0 Å². The number of halogens is 1. The average molecular weight is 571 g/mol. The van der Waals surface area contributed by atoms with Crippen LogP contribution in [0.5, 0.6) is 0 Å². The van der Waals surface area contributed by atoms with Crippen molar-refractivity contribution < 1.29 is 24.0 Å². The number of nitro groups is 2. The number of amides is 2. The van der Waals surface area contributed by atoms with Crippen LogP contribution in [-0.4, -0.2) is 46.4 Å². The lowest BCUT2D eigenvalue weighted by Crippen LogP contribution is -2.30. The van der Waals surface area contributed by atoms with Crippen molar-refractivity contribution >= 4 is 59.7 Å². The lowest BCUT2D eigenvalue weighted by atomic mass is 10.2. The van der Waals surface area contributed by atoms with Crippen molar-refractivity contribution in [3.05, 3.63) is 109 Å². The van der Waals surface area contributed by atoms with Crippen LogP contribution in [0.4, 0.5) is 11.4 Å². The van der Waals surface area contributed by atoms with Crippen LogP contribution in [-0.2, 0) is 14.2 Å². The van der Waals surface area contributed by atoms with Gasteiger partial charge in [-0.05, 0) is 24.3 Å². The molecule has 3 aromatic rings. The monoisotopic (exact) mass is 570 g/mol. The first-order valence-corrected chi connectivity index (χ1v) is 13.5. The normalized spacial score (nSPS) is 12.6. The summed E-state index contributed by atoms with van der Waals surface area (Å²) < 4.78 is 13.8. The number of non-ortho nitro benzene ring substituents is 2. The first kappa shape index (κ1) is 28.8. The van der Waals surface area contributed by atoms with Gasteiger partial charge in [-0.1, -0.05) is 35.9 Å². The molecule has 0 bridgehead atoms. The predicted molar refractivity (Wildman–Crippen MR) is 146 cm³/mol. The highest BCUT2D eigenvalue weighted by Gasteiger charge is 2.31. The van der Waals surface area contributed by atoms with E-state index in [1.807, 2.05) is 0 Å². The van der Waals surface area contributed by atoms with Gasteiger partial charge in [-0.3, -0.25) is 29.8 Å². The quantitative estimate of drug-likeness (QED) is 0.153. The molecule has 0 aliphatic rings. The Kier molecular flexibility index (Phi) is 9.74. The summed E-state index contributed by atoms with van der Waals surface area (Å²) in [6.07, 6.45) is 1.22.